The van der Waals surface area contributed by atoms with Crippen LogP contribution in [0.15, 0.2) is 57.7 Å². The number of carbonyl (C=O) groups excluding carboxylic acids is 1. The molecule has 2 aromatic carbocycles. The maximum Gasteiger partial charge on any atom is 0.290 e. The third-order valence-electron chi connectivity index (χ3n) is 4.19. The van der Waals surface area contributed by atoms with Crippen molar-refractivity contribution in [2.75, 3.05) is 7.05 Å². The number of nitrogens with zero attached hydrogens (tertiary/aromatic N) is 1. The summed E-state index contributed by atoms with van der Waals surface area (Å²) in [6.45, 7) is 0. The van der Waals surface area contributed by atoms with Gasteiger partial charge in [-0.25, -0.2) is 0 Å². The van der Waals surface area contributed by atoms with E-state index in [-0.39, 0.29) is 17.1 Å². The van der Waals surface area contributed by atoms with E-state index in [0.29, 0.717) is 21.6 Å². The Labute approximate surface area is 136 Å². The van der Waals surface area contributed by atoms with Crippen LogP contribution in [0, 0.1) is 0 Å². The lowest BCUT2D eigenvalue weighted by atomic mass is 9.99. The molecular formula is C18H12ClNO3. The summed E-state index contributed by atoms with van der Waals surface area (Å²) in [5, 5.41) is 1.08. The van der Waals surface area contributed by atoms with Crippen LogP contribution >= 0.6 is 11.6 Å². The lowest BCUT2D eigenvalue weighted by Crippen LogP contribution is -2.25. The smallest absolute Gasteiger partial charge is 0.290 e. The highest BCUT2D eigenvalue weighted by Gasteiger charge is 2.40. The van der Waals surface area contributed by atoms with Crippen molar-refractivity contribution < 1.29 is 9.21 Å². The molecule has 3 aromatic rings. The summed E-state index contributed by atoms with van der Waals surface area (Å²) in [6.07, 6.45) is 0. The van der Waals surface area contributed by atoms with Crippen LogP contribution in [0.3, 0.4) is 0 Å². The van der Waals surface area contributed by atoms with Crippen molar-refractivity contribution >= 4 is 28.5 Å². The molecule has 1 aliphatic rings. The fourth-order valence-electron chi connectivity index (χ4n) is 3.07. The van der Waals surface area contributed by atoms with Crippen molar-refractivity contribution in [2.45, 2.75) is 6.04 Å². The van der Waals surface area contributed by atoms with Crippen LogP contribution in [-0.4, -0.2) is 17.9 Å². The van der Waals surface area contributed by atoms with Crippen LogP contribution in [0.25, 0.3) is 11.0 Å². The van der Waals surface area contributed by atoms with Crippen LogP contribution in [0.2, 0.25) is 5.02 Å². The summed E-state index contributed by atoms with van der Waals surface area (Å²) in [5.41, 5.74) is 1.47. The molecular weight excluding hydrogens is 314 g/mol. The van der Waals surface area contributed by atoms with Gasteiger partial charge in [-0.2, -0.15) is 0 Å². The normalized spacial score (nSPS) is 16.9. The number of hydrogen-bond acceptors (Lipinski definition) is 3. The largest absolute Gasteiger partial charge is 0.450 e. The van der Waals surface area contributed by atoms with Crippen molar-refractivity contribution in [2.24, 2.45) is 0 Å². The second-order valence-electron chi connectivity index (χ2n) is 5.54. The molecule has 0 saturated carbocycles. The molecule has 4 rings (SSSR count). The van der Waals surface area contributed by atoms with E-state index >= 15 is 0 Å². The molecule has 1 atom stereocenters. The fraction of sp³-hybridized carbons (Fsp3) is 0.111. The van der Waals surface area contributed by atoms with Gasteiger partial charge in [-0.1, -0.05) is 35.9 Å². The van der Waals surface area contributed by atoms with Crippen LogP contribution in [0.1, 0.15) is 27.7 Å². The van der Waals surface area contributed by atoms with Gasteiger partial charge in [-0.15, -0.1) is 0 Å². The fourth-order valence-corrected chi connectivity index (χ4v) is 3.20. The van der Waals surface area contributed by atoms with Crippen molar-refractivity contribution in [1.82, 2.24) is 4.90 Å². The maximum atomic E-state index is 12.9. The lowest BCUT2D eigenvalue weighted by molar-refractivity contribution is 0.0771. The van der Waals surface area contributed by atoms with Gasteiger partial charge in [0, 0.05) is 12.1 Å². The van der Waals surface area contributed by atoms with Gasteiger partial charge >= 0.3 is 0 Å². The average molecular weight is 326 g/mol. The number of fused-ring (bicyclic) bond motifs is 2. The first kappa shape index (κ1) is 14.0. The van der Waals surface area contributed by atoms with Gasteiger partial charge in [0.1, 0.15) is 5.58 Å². The Kier molecular flexibility index (Phi) is 3.03. The molecule has 5 heteroatoms. The van der Waals surface area contributed by atoms with E-state index in [2.05, 4.69) is 0 Å². The summed E-state index contributed by atoms with van der Waals surface area (Å²) in [5.74, 6) is -0.168. The van der Waals surface area contributed by atoms with E-state index in [1.807, 2.05) is 12.1 Å². The van der Waals surface area contributed by atoms with Gasteiger partial charge in [0.15, 0.2) is 5.43 Å². The summed E-state index contributed by atoms with van der Waals surface area (Å²) >= 11 is 5.93. The molecule has 4 nitrogen and oxygen atoms in total. The molecule has 1 aromatic heterocycles. The number of hydrogen-bond donors (Lipinski definition) is 0. The zero-order valence-corrected chi connectivity index (χ0v) is 13.0. The molecule has 0 bridgehead atoms. The topological polar surface area (TPSA) is 50.5 Å². The van der Waals surface area contributed by atoms with Crippen molar-refractivity contribution in [3.05, 3.63) is 80.7 Å². The zero-order valence-electron chi connectivity index (χ0n) is 12.2. The Morgan fingerprint density at radius 3 is 2.48 bits per heavy atom. The third kappa shape index (κ3) is 1.99. The average Bonchev–Trinajstić information content (AvgIpc) is 2.81. The molecule has 0 aliphatic carbocycles. The number of benzene rings is 2. The minimum Gasteiger partial charge on any atom is -0.450 e. The minimum atomic E-state index is -0.462. The molecule has 0 radical (unpaired) electrons. The van der Waals surface area contributed by atoms with E-state index < -0.39 is 6.04 Å². The number of amides is 1. The molecule has 0 unspecified atom stereocenters. The van der Waals surface area contributed by atoms with Gasteiger partial charge < -0.3 is 9.32 Å². The van der Waals surface area contributed by atoms with E-state index in [1.165, 1.54) is 4.90 Å². The monoisotopic (exact) mass is 325 g/mol. The molecule has 0 spiro atoms. The van der Waals surface area contributed by atoms with Gasteiger partial charge in [0.25, 0.3) is 5.91 Å². The molecule has 0 saturated heterocycles. The van der Waals surface area contributed by atoms with E-state index in [1.54, 1.807) is 43.4 Å². The SMILES string of the molecule is CN1C(=O)c2oc3ccccc3c(=O)c2[C@H]1c1ccc(Cl)cc1. The highest BCUT2D eigenvalue weighted by Crippen LogP contribution is 2.37. The van der Waals surface area contributed by atoms with Crippen molar-refractivity contribution in [3.63, 3.8) is 0 Å². The highest BCUT2D eigenvalue weighted by molar-refractivity contribution is 6.30. The van der Waals surface area contributed by atoms with E-state index in [9.17, 15) is 9.59 Å². The second-order valence-corrected chi connectivity index (χ2v) is 5.98. The molecule has 1 amide bonds. The number of rotatable bonds is 1. The van der Waals surface area contributed by atoms with Crippen LogP contribution in [-0.2, 0) is 0 Å². The molecule has 0 N–H and O–H groups in total. The molecule has 1 aliphatic heterocycles. The van der Waals surface area contributed by atoms with Crippen LogP contribution < -0.4 is 5.43 Å². The lowest BCUT2D eigenvalue weighted by Gasteiger charge is -2.20. The second kappa shape index (κ2) is 4.96. The summed E-state index contributed by atoms with van der Waals surface area (Å²) < 4.78 is 5.73. The van der Waals surface area contributed by atoms with E-state index in [0.717, 1.165) is 5.56 Å². The first-order valence-electron chi connectivity index (χ1n) is 7.16. The predicted molar refractivity (Wildman–Crippen MR) is 87.9 cm³/mol. The first-order chi connectivity index (χ1) is 11.1. The summed E-state index contributed by atoms with van der Waals surface area (Å²) in [4.78, 5) is 26.9. The maximum absolute atomic E-state index is 12.9. The molecule has 0 fully saturated rings. The first-order valence-corrected chi connectivity index (χ1v) is 7.54. The molecule has 2 heterocycles. The Bertz CT molecular complexity index is 991. The molecule has 23 heavy (non-hydrogen) atoms. The predicted octanol–water partition coefficient (Wildman–Crippen LogP) is 3.62. The van der Waals surface area contributed by atoms with Gasteiger partial charge in [0.05, 0.1) is 17.0 Å². The van der Waals surface area contributed by atoms with Gasteiger partial charge in [0.2, 0.25) is 5.76 Å². The third-order valence-corrected chi connectivity index (χ3v) is 4.45. The number of para-hydroxylation sites is 1. The Morgan fingerprint density at radius 1 is 1.04 bits per heavy atom. The van der Waals surface area contributed by atoms with Gasteiger partial charge in [-0.3, -0.25) is 9.59 Å². The Hall–Kier alpha value is -2.59. The Balaban J connectivity index is 2.03. The minimum absolute atomic E-state index is 0.121. The quantitative estimate of drug-likeness (QED) is 0.686. The van der Waals surface area contributed by atoms with Crippen molar-refractivity contribution in [1.29, 1.82) is 0 Å². The highest BCUT2D eigenvalue weighted by atomic mass is 35.5. The van der Waals surface area contributed by atoms with E-state index in [4.69, 9.17) is 16.0 Å². The Morgan fingerprint density at radius 2 is 1.74 bits per heavy atom. The summed E-state index contributed by atoms with van der Waals surface area (Å²) in [7, 11) is 1.67. The number of carbonyl (C=O) groups is 1. The standard InChI is InChI=1S/C18H12ClNO3/c1-20-15(10-6-8-11(19)9-7-10)14-16(21)12-4-2-3-5-13(12)23-17(14)18(20)22/h2-9,15H,1H3/t15-/m1/s1. The van der Waals surface area contributed by atoms with Crippen LogP contribution in [0.5, 0.6) is 0 Å². The van der Waals surface area contributed by atoms with Crippen LogP contribution in [0.4, 0.5) is 0 Å². The van der Waals surface area contributed by atoms with Crippen molar-refractivity contribution in [3.8, 4) is 0 Å². The van der Waals surface area contributed by atoms with Gasteiger partial charge in [-0.05, 0) is 29.8 Å². The molecule has 114 valence electrons. The zero-order chi connectivity index (χ0) is 16.1. The number of halogens is 1. The summed E-state index contributed by atoms with van der Waals surface area (Å²) in [6, 6.07) is 13.6.